The summed E-state index contributed by atoms with van der Waals surface area (Å²) in [6, 6.07) is 18.6. The monoisotopic (exact) mass is 546 g/mol. The Balaban J connectivity index is 1.98. The third-order valence-corrected chi connectivity index (χ3v) is 6.35. The van der Waals surface area contributed by atoms with Crippen molar-refractivity contribution in [2.45, 2.75) is 65.1 Å². The van der Waals surface area contributed by atoms with E-state index in [4.69, 9.17) is 10.5 Å². The van der Waals surface area contributed by atoms with Gasteiger partial charge in [0, 0.05) is 18.7 Å². The molecular formula is C31H38N4O5. The van der Waals surface area contributed by atoms with Crippen molar-refractivity contribution in [1.29, 1.82) is 0 Å². The fraction of sp³-hybridized carbons (Fsp3) is 0.355. The predicted molar refractivity (Wildman–Crippen MR) is 155 cm³/mol. The van der Waals surface area contributed by atoms with Crippen LogP contribution in [0.15, 0.2) is 66.7 Å². The van der Waals surface area contributed by atoms with Crippen LogP contribution in [-0.2, 0) is 19.1 Å². The van der Waals surface area contributed by atoms with Crippen LogP contribution in [0.2, 0.25) is 0 Å². The molecule has 0 aliphatic heterocycles. The third-order valence-electron chi connectivity index (χ3n) is 6.35. The Kier molecular flexibility index (Phi) is 9.87. The van der Waals surface area contributed by atoms with Crippen molar-refractivity contribution in [2.24, 2.45) is 5.73 Å². The first kappa shape index (κ1) is 30.1. The lowest BCUT2D eigenvalue weighted by Gasteiger charge is -2.34. The molecule has 2 unspecified atom stereocenters. The average Bonchev–Trinajstić information content (AvgIpc) is 2.88. The van der Waals surface area contributed by atoms with E-state index in [1.54, 1.807) is 39.8 Å². The maximum Gasteiger partial charge on any atom is 0.408 e. The number of fused-ring (bicyclic) bond motifs is 1. The average molecular weight is 547 g/mol. The number of alkyl carbamates (subject to hydrolysis) is 1. The maximum atomic E-state index is 14.0. The third kappa shape index (κ3) is 8.05. The van der Waals surface area contributed by atoms with Gasteiger partial charge in [-0.15, -0.1) is 0 Å². The minimum absolute atomic E-state index is 0.0449. The molecule has 0 saturated carbocycles. The van der Waals surface area contributed by atoms with Crippen LogP contribution in [0.1, 0.15) is 57.7 Å². The molecule has 0 fully saturated rings. The molecule has 0 bridgehead atoms. The van der Waals surface area contributed by atoms with Crippen LogP contribution >= 0.6 is 0 Å². The highest BCUT2D eigenvalue weighted by molar-refractivity contribution is 6.00. The summed E-state index contributed by atoms with van der Waals surface area (Å²) in [5.41, 5.74) is 6.61. The summed E-state index contributed by atoms with van der Waals surface area (Å²) in [6.45, 7) is 8.90. The van der Waals surface area contributed by atoms with Crippen molar-refractivity contribution in [3.05, 3.63) is 77.9 Å². The molecule has 0 aliphatic rings. The second-order valence-electron chi connectivity index (χ2n) is 10.6. The van der Waals surface area contributed by atoms with Crippen molar-refractivity contribution < 1.29 is 23.9 Å². The second kappa shape index (κ2) is 13.1. The van der Waals surface area contributed by atoms with E-state index in [0.717, 1.165) is 16.3 Å². The van der Waals surface area contributed by atoms with Gasteiger partial charge in [0.25, 0.3) is 5.91 Å². The summed E-state index contributed by atoms with van der Waals surface area (Å²) >= 11 is 0. The van der Waals surface area contributed by atoms with E-state index in [-0.39, 0.29) is 19.4 Å². The Bertz CT molecular complexity index is 1380. The fourth-order valence-corrected chi connectivity index (χ4v) is 4.48. The van der Waals surface area contributed by atoms with Gasteiger partial charge in [-0.2, -0.15) is 0 Å². The van der Waals surface area contributed by atoms with E-state index in [1.807, 2.05) is 61.5 Å². The Hall–Kier alpha value is -4.40. The lowest BCUT2D eigenvalue weighted by molar-refractivity contribution is -0.140. The lowest BCUT2D eigenvalue weighted by Crippen LogP contribution is -2.52. The first-order valence-corrected chi connectivity index (χ1v) is 13.3. The van der Waals surface area contributed by atoms with Gasteiger partial charge in [-0.25, -0.2) is 4.79 Å². The number of nitrogens with zero attached hydrogens (tertiary/aromatic N) is 1. The van der Waals surface area contributed by atoms with Crippen LogP contribution in [0.5, 0.6) is 0 Å². The Morgan fingerprint density at radius 1 is 0.950 bits per heavy atom. The summed E-state index contributed by atoms with van der Waals surface area (Å²) in [6.07, 6.45) is -0.988. The summed E-state index contributed by atoms with van der Waals surface area (Å²) < 4.78 is 5.35. The van der Waals surface area contributed by atoms with Crippen LogP contribution in [0.4, 0.5) is 10.5 Å². The molecular weight excluding hydrogens is 508 g/mol. The van der Waals surface area contributed by atoms with Gasteiger partial charge in [-0.1, -0.05) is 54.6 Å². The molecule has 0 radical (unpaired) electrons. The molecule has 3 aromatic rings. The van der Waals surface area contributed by atoms with E-state index in [1.165, 1.54) is 4.90 Å². The van der Waals surface area contributed by atoms with E-state index >= 15 is 0 Å². The number of likely N-dealkylation sites (N-methyl/N-ethyl adjacent to an activating group) is 1. The fourth-order valence-electron chi connectivity index (χ4n) is 4.48. The topological polar surface area (TPSA) is 131 Å². The summed E-state index contributed by atoms with van der Waals surface area (Å²) in [4.78, 5) is 53.5. The minimum Gasteiger partial charge on any atom is -0.444 e. The highest BCUT2D eigenvalue weighted by atomic mass is 16.6. The number of nitrogens with two attached hydrogens (primary N) is 1. The lowest BCUT2D eigenvalue weighted by atomic mass is 9.97. The smallest absolute Gasteiger partial charge is 0.408 e. The molecule has 3 rings (SSSR count). The SMILES string of the molecule is CCN(C(=O)C(CCC(N)=O)NC(=O)OC(C)(C)C)C(C(=O)Nc1ccc2ccccc2c1)c1ccccc1C. The molecule has 0 saturated heterocycles. The number of ether oxygens (including phenoxy) is 1. The van der Waals surface area contributed by atoms with E-state index in [9.17, 15) is 19.2 Å². The summed E-state index contributed by atoms with van der Waals surface area (Å²) in [5.74, 6) is -1.56. The second-order valence-corrected chi connectivity index (χ2v) is 10.6. The van der Waals surface area contributed by atoms with Gasteiger partial charge in [0.2, 0.25) is 11.8 Å². The van der Waals surface area contributed by atoms with Crippen LogP contribution in [0.3, 0.4) is 0 Å². The van der Waals surface area contributed by atoms with Crippen molar-refractivity contribution in [3.8, 4) is 0 Å². The van der Waals surface area contributed by atoms with Gasteiger partial charge in [0.05, 0.1) is 0 Å². The zero-order chi connectivity index (χ0) is 29.4. The molecule has 0 heterocycles. The van der Waals surface area contributed by atoms with E-state index < -0.39 is 41.5 Å². The number of carbonyl (C=O) groups is 4. The molecule has 40 heavy (non-hydrogen) atoms. The highest BCUT2D eigenvalue weighted by Gasteiger charge is 2.36. The number of hydrogen-bond donors (Lipinski definition) is 3. The molecule has 4 amide bonds. The predicted octanol–water partition coefficient (Wildman–Crippen LogP) is 4.84. The Morgan fingerprint density at radius 2 is 1.60 bits per heavy atom. The molecule has 0 aliphatic carbocycles. The number of carbonyl (C=O) groups excluding carboxylic acids is 4. The number of nitrogens with one attached hydrogen (secondary N) is 2. The maximum absolute atomic E-state index is 14.0. The summed E-state index contributed by atoms with van der Waals surface area (Å²) in [5, 5.41) is 7.55. The Labute approximate surface area is 235 Å². The quantitative estimate of drug-likeness (QED) is 0.335. The highest BCUT2D eigenvalue weighted by Crippen LogP contribution is 2.28. The van der Waals surface area contributed by atoms with Crippen molar-refractivity contribution in [2.75, 3.05) is 11.9 Å². The molecule has 0 spiro atoms. The first-order chi connectivity index (χ1) is 18.9. The van der Waals surface area contributed by atoms with Crippen molar-refractivity contribution in [3.63, 3.8) is 0 Å². The first-order valence-electron chi connectivity index (χ1n) is 13.3. The number of aryl methyl sites for hydroxylation is 1. The number of primary amides is 1. The van der Waals surface area contributed by atoms with Crippen LogP contribution < -0.4 is 16.4 Å². The minimum atomic E-state index is -1.14. The molecule has 3 aromatic carbocycles. The van der Waals surface area contributed by atoms with Gasteiger partial charge in [0.1, 0.15) is 17.7 Å². The van der Waals surface area contributed by atoms with Crippen LogP contribution in [-0.4, -0.2) is 46.9 Å². The van der Waals surface area contributed by atoms with Gasteiger partial charge in [-0.05, 0) is 75.1 Å². The summed E-state index contributed by atoms with van der Waals surface area (Å²) in [7, 11) is 0. The number of rotatable bonds is 10. The van der Waals surface area contributed by atoms with Gasteiger partial charge < -0.3 is 26.0 Å². The van der Waals surface area contributed by atoms with Gasteiger partial charge in [-0.3, -0.25) is 14.4 Å². The molecule has 0 aromatic heterocycles. The zero-order valence-electron chi connectivity index (χ0n) is 23.7. The largest absolute Gasteiger partial charge is 0.444 e. The van der Waals surface area contributed by atoms with Gasteiger partial charge in [0.15, 0.2) is 0 Å². The van der Waals surface area contributed by atoms with Gasteiger partial charge >= 0.3 is 6.09 Å². The van der Waals surface area contributed by atoms with Crippen molar-refractivity contribution in [1.82, 2.24) is 10.2 Å². The number of amides is 4. The Morgan fingerprint density at radius 3 is 2.23 bits per heavy atom. The standard InChI is InChI=1S/C31H38N4O5/c1-6-35(29(38)25(17-18-26(32)36)34-30(39)40-31(3,4)5)27(24-14-10-7-11-20(24)2)28(37)33-23-16-15-21-12-8-9-13-22(21)19-23/h7-16,19,25,27H,6,17-18H2,1-5H3,(H2,32,36)(H,33,37)(H,34,39). The molecule has 9 heteroatoms. The van der Waals surface area contributed by atoms with Crippen LogP contribution in [0.25, 0.3) is 10.8 Å². The molecule has 4 N–H and O–H groups in total. The molecule has 2 atom stereocenters. The van der Waals surface area contributed by atoms with E-state index in [0.29, 0.717) is 11.3 Å². The van der Waals surface area contributed by atoms with Crippen LogP contribution in [0, 0.1) is 6.92 Å². The normalized spacial score (nSPS) is 12.7. The molecule has 9 nitrogen and oxygen atoms in total. The van der Waals surface area contributed by atoms with E-state index in [2.05, 4.69) is 10.6 Å². The number of anilines is 1. The zero-order valence-corrected chi connectivity index (χ0v) is 23.7. The number of hydrogen-bond acceptors (Lipinski definition) is 5. The number of benzene rings is 3. The van der Waals surface area contributed by atoms with Crippen molar-refractivity contribution >= 4 is 40.3 Å². The molecule has 212 valence electrons.